The van der Waals surface area contributed by atoms with Gasteiger partial charge in [-0.1, -0.05) is 37.0 Å². The van der Waals surface area contributed by atoms with E-state index in [1.165, 1.54) is 0 Å². The maximum absolute atomic E-state index is 11.6. The Morgan fingerprint density at radius 3 is 2.50 bits per heavy atom. The van der Waals surface area contributed by atoms with Gasteiger partial charge in [0.1, 0.15) is 0 Å². The molecule has 0 amide bonds. The lowest BCUT2D eigenvalue weighted by atomic mass is 10.0. The molecule has 0 aliphatic heterocycles. The maximum atomic E-state index is 11.6. The lowest BCUT2D eigenvalue weighted by Gasteiger charge is -2.14. The normalized spacial score (nSPS) is 14.6. The van der Waals surface area contributed by atoms with Gasteiger partial charge in [-0.2, -0.15) is 5.10 Å². The van der Waals surface area contributed by atoms with Crippen molar-refractivity contribution in [1.29, 1.82) is 0 Å². The van der Waals surface area contributed by atoms with Crippen LogP contribution < -0.4 is 5.11 Å². The van der Waals surface area contributed by atoms with Crippen LogP contribution in [0.5, 0.6) is 0 Å². The molecule has 1 aliphatic carbocycles. The molecule has 2 aromatic rings. The standard InChI is InChI=1S/C16H16Cl2N2O2/c1-8(2)15-13(16(21)22)14(9-3-4-9)19-20(15)10-5-6-11(17)12(18)7-10/h5-9H,3-4H2,1-2H3,(H,21,22)/p-1. The third kappa shape index (κ3) is 2.61. The van der Waals surface area contributed by atoms with Gasteiger partial charge >= 0.3 is 0 Å². The molecule has 0 spiro atoms. The van der Waals surface area contributed by atoms with Gasteiger partial charge in [0, 0.05) is 11.5 Å². The summed E-state index contributed by atoms with van der Waals surface area (Å²) in [5, 5.41) is 17.0. The first-order valence-electron chi connectivity index (χ1n) is 7.19. The molecule has 1 heterocycles. The second-order valence-electron chi connectivity index (χ2n) is 5.87. The van der Waals surface area contributed by atoms with Crippen molar-refractivity contribution < 1.29 is 9.90 Å². The zero-order valence-electron chi connectivity index (χ0n) is 12.3. The van der Waals surface area contributed by atoms with Crippen molar-refractivity contribution in [3.63, 3.8) is 0 Å². The van der Waals surface area contributed by atoms with Gasteiger partial charge in [-0.15, -0.1) is 0 Å². The van der Waals surface area contributed by atoms with Crippen molar-refractivity contribution >= 4 is 29.2 Å². The molecule has 0 unspecified atom stereocenters. The number of aromatic carboxylic acids is 1. The number of carbonyl (C=O) groups is 1. The minimum atomic E-state index is -1.17. The summed E-state index contributed by atoms with van der Waals surface area (Å²) in [6.07, 6.45) is 1.94. The van der Waals surface area contributed by atoms with Gasteiger partial charge in [0.2, 0.25) is 0 Å². The lowest BCUT2D eigenvalue weighted by molar-refractivity contribution is -0.255. The fraction of sp³-hybridized carbons (Fsp3) is 0.375. The van der Waals surface area contributed by atoms with Crippen LogP contribution in [0.4, 0.5) is 0 Å². The van der Waals surface area contributed by atoms with Crippen LogP contribution in [0.25, 0.3) is 5.69 Å². The Labute approximate surface area is 138 Å². The SMILES string of the molecule is CC(C)c1c(C(=O)[O-])c(C2CC2)nn1-c1ccc(Cl)c(Cl)c1. The minimum absolute atomic E-state index is 0.0117. The predicted octanol–water partition coefficient (Wildman–Crippen LogP) is 3.54. The van der Waals surface area contributed by atoms with Crippen LogP contribution in [0.1, 0.15) is 60.3 Å². The monoisotopic (exact) mass is 337 g/mol. The molecule has 0 radical (unpaired) electrons. The number of carbonyl (C=O) groups excluding carboxylic acids is 1. The maximum Gasteiger partial charge on any atom is 0.0753 e. The van der Waals surface area contributed by atoms with Crippen LogP contribution in [0.3, 0.4) is 0 Å². The Balaban J connectivity index is 2.24. The van der Waals surface area contributed by atoms with E-state index in [9.17, 15) is 9.90 Å². The van der Waals surface area contributed by atoms with Crippen molar-refractivity contribution in [2.45, 2.75) is 38.5 Å². The Morgan fingerprint density at radius 2 is 2.00 bits per heavy atom. The molecule has 0 saturated heterocycles. The molecule has 0 N–H and O–H groups in total. The summed E-state index contributed by atoms with van der Waals surface area (Å²) in [5.74, 6) is -0.964. The molecule has 4 nitrogen and oxygen atoms in total. The van der Waals surface area contributed by atoms with Gasteiger partial charge in [-0.25, -0.2) is 4.68 Å². The number of nitrogens with zero attached hydrogens (tertiary/aromatic N) is 2. The van der Waals surface area contributed by atoms with E-state index in [-0.39, 0.29) is 17.4 Å². The zero-order valence-corrected chi connectivity index (χ0v) is 13.8. The second kappa shape index (κ2) is 5.60. The summed E-state index contributed by atoms with van der Waals surface area (Å²) in [7, 11) is 0. The number of rotatable bonds is 4. The number of benzene rings is 1. The molecule has 1 aromatic carbocycles. The molecule has 1 aliphatic rings. The average Bonchev–Trinajstić information content (AvgIpc) is 3.20. The van der Waals surface area contributed by atoms with Crippen molar-refractivity contribution in [2.75, 3.05) is 0 Å². The van der Waals surface area contributed by atoms with E-state index in [0.29, 0.717) is 27.1 Å². The molecule has 116 valence electrons. The van der Waals surface area contributed by atoms with Crippen LogP contribution in [-0.4, -0.2) is 15.7 Å². The highest BCUT2D eigenvalue weighted by molar-refractivity contribution is 6.42. The first-order chi connectivity index (χ1) is 10.4. The van der Waals surface area contributed by atoms with E-state index in [1.54, 1.807) is 22.9 Å². The fourth-order valence-corrected chi connectivity index (χ4v) is 2.94. The van der Waals surface area contributed by atoms with E-state index in [1.807, 2.05) is 13.8 Å². The highest BCUT2D eigenvalue weighted by Gasteiger charge is 2.33. The van der Waals surface area contributed by atoms with Crippen LogP contribution in [-0.2, 0) is 0 Å². The zero-order chi connectivity index (χ0) is 16.0. The summed E-state index contributed by atoms with van der Waals surface area (Å²) >= 11 is 12.0. The molecule has 1 fully saturated rings. The lowest BCUT2D eigenvalue weighted by Crippen LogP contribution is -2.25. The molecule has 1 saturated carbocycles. The first kappa shape index (κ1) is 15.4. The smallest absolute Gasteiger partial charge is 0.0753 e. The molecule has 6 heteroatoms. The van der Waals surface area contributed by atoms with Gasteiger partial charge in [-0.3, -0.25) is 0 Å². The minimum Gasteiger partial charge on any atom is -0.545 e. The summed E-state index contributed by atoms with van der Waals surface area (Å²) in [6.45, 7) is 3.88. The van der Waals surface area contributed by atoms with Crippen molar-refractivity contribution in [1.82, 2.24) is 9.78 Å². The third-order valence-electron chi connectivity index (χ3n) is 3.81. The fourth-order valence-electron chi connectivity index (χ4n) is 2.65. The van der Waals surface area contributed by atoms with E-state index < -0.39 is 5.97 Å². The van der Waals surface area contributed by atoms with Crippen LogP contribution in [0.2, 0.25) is 10.0 Å². The highest BCUT2D eigenvalue weighted by Crippen LogP contribution is 2.43. The van der Waals surface area contributed by atoms with Gasteiger partial charge in [0.05, 0.1) is 33.1 Å². The van der Waals surface area contributed by atoms with Crippen LogP contribution in [0, 0.1) is 0 Å². The van der Waals surface area contributed by atoms with E-state index in [2.05, 4.69) is 5.10 Å². The van der Waals surface area contributed by atoms with Gasteiger partial charge in [0.15, 0.2) is 0 Å². The summed E-state index contributed by atoms with van der Waals surface area (Å²) in [4.78, 5) is 11.6. The van der Waals surface area contributed by atoms with Crippen LogP contribution in [0.15, 0.2) is 18.2 Å². The first-order valence-corrected chi connectivity index (χ1v) is 7.95. The summed E-state index contributed by atoms with van der Waals surface area (Å²) in [6, 6.07) is 5.15. The van der Waals surface area contributed by atoms with Crippen molar-refractivity contribution in [3.05, 3.63) is 45.2 Å². The number of hydrogen-bond acceptors (Lipinski definition) is 3. The van der Waals surface area contributed by atoms with Gasteiger partial charge in [0.25, 0.3) is 0 Å². The Bertz CT molecular complexity index is 749. The number of aromatic nitrogens is 2. The molecule has 1 aromatic heterocycles. The average molecular weight is 338 g/mol. The number of carboxylic acid groups (broad SMARTS) is 1. The molecule has 0 atom stereocenters. The van der Waals surface area contributed by atoms with Crippen LogP contribution >= 0.6 is 23.2 Å². The Morgan fingerprint density at radius 1 is 1.32 bits per heavy atom. The predicted molar refractivity (Wildman–Crippen MR) is 84.0 cm³/mol. The van der Waals surface area contributed by atoms with Gasteiger partial charge in [-0.05, 0) is 37.0 Å². The highest BCUT2D eigenvalue weighted by atomic mass is 35.5. The number of hydrogen-bond donors (Lipinski definition) is 0. The summed E-state index contributed by atoms with van der Waals surface area (Å²) < 4.78 is 1.66. The topological polar surface area (TPSA) is 57.9 Å². The van der Waals surface area contributed by atoms with E-state index >= 15 is 0 Å². The third-order valence-corrected chi connectivity index (χ3v) is 4.55. The molecular weight excluding hydrogens is 323 g/mol. The Kier molecular flexibility index (Phi) is 3.91. The van der Waals surface area contributed by atoms with Crippen molar-refractivity contribution in [2.24, 2.45) is 0 Å². The molecule has 22 heavy (non-hydrogen) atoms. The number of carboxylic acids is 1. The Hall–Kier alpha value is -1.52. The second-order valence-corrected chi connectivity index (χ2v) is 6.69. The molecule has 0 bridgehead atoms. The largest absolute Gasteiger partial charge is 0.545 e. The molecule has 3 rings (SSSR count). The van der Waals surface area contributed by atoms with Crippen molar-refractivity contribution in [3.8, 4) is 5.69 Å². The van der Waals surface area contributed by atoms with E-state index in [0.717, 1.165) is 12.8 Å². The summed E-state index contributed by atoms with van der Waals surface area (Å²) in [5.41, 5.74) is 2.19. The number of halogens is 2. The van der Waals surface area contributed by atoms with Gasteiger partial charge < -0.3 is 9.90 Å². The quantitative estimate of drug-likeness (QED) is 0.857. The van der Waals surface area contributed by atoms with E-state index in [4.69, 9.17) is 23.2 Å². The molecular formula is C16H15Cl2N2O2-.